The first-order chi connectivity index (χ1) is 16.9. The first-order valence-electron chi connectivity index (χ1n) is 11.8. The SMILES string of the molecule is C=C(C)C(=O)OC(C)(C)CCOC(C)(C)CNC(=O)C(C#N)=C1c2ccccc2Sc2ccccc21. The maximum absolute atomic E-state index is 13.2. The van der Waals surface area contributed by atoms with Crippen molar-refractivity contribution < 1.29 is 19.1 Å². The maximum Gasteiger partial charge on any atom is 0.333 e. The molecule has 36 heavy (non-hydrogen) atoms. The topological polar surface area (TPSA) is 88.4 Å². The highest BCUT2D eigenvalue weighted by Crippen LogP contribution is 2.46. The van der Waals surface area contributed by atoms with E-state index in [-0.39, 0.29) is 12.1 Å². The number of nitrogens with one attached hydrogen (secondary N) is 1. The van der Waals surface area contributed by atoms with E-state index in [0.717, 1.165) is 20.9 Å². The van der Waals surface area contributed by atoms with Gasteiger partial charge in [0.15, 0.2) is 0 Å². The van der Waals surface area contributed by atoms with Crippen LogP contribution in [-0.2, 0) is 19.1 Å². The number of carbonyl (C=O) groups excluding carboxylic acids is 2. The Balaban J connectivity index is 1.71. The second-order valence-corrected chi connectivity index (χ2v) is 11.0. The molecule has 0 saturated heterocycles. The van der Waals surface area contributed by atoms with Gasteiger partial charge in [-0.1, -0.05) is 54.7 Å². The van der Waals surface area contributed by atoms with Gasteiger partial charge in [0.1, 0.15) is 17.2 Å². The molecule has 0 aliphatic carbocycles. The number of nitrogens with zero attached hydrogens (tertiary/aromatic N) is 1. The number of hydrogen-bond acceptors (Lipinski definition) is 6. The van der Waals surface area contributed by atoms with Crippen LogP contribution in [0.5, 0.6) is 0 Å². The summed E-state index contributed by atoms with van der Waals surface area (Å²) in [6.07, 6.45) is 0.474. The van der Waals surface area contributed by atoms with Gasteiger partial charge < -0.3 is 14.8 Å². The van der Waals surface area contributed by atoms with Gasteiger partial charge >= 0.3 is 5.97 Å². The fourth-order valence-electron chi connectivity index (χ4n) is 3.67. The van der Waals surface area contributed by atoms with Crippen LogP contribution < -0.4 is 5.32 Å². The van der Waals surface area contributed by atoms with Gasteiger partial charge in [0.25, 0.3) is 5.91 Å². The van der Waals surface area contributed by atoms with Gasteiger partial charge in [0.05, 0.1) is 12.2 Å². The van der Waals surface area contributed by atoms with Crippen LogP contribution in [0.15, 0.2) is 76.0 Å². The third-order valence-electron chi connectivity index (χ3n) is 5.71. The molecule has 0 aromatic heterocycles. The summed E-state index contributed by atoms with van der Waals surface area (Å²) < 4.78 is 11.4. The molecule has 1 heterocycles. The Morgan fingerprint density at radius 2 is 1.56 bits per heavy atom. The number of hydrogen-bond donors (Lipinski definition) is 1. The van der Waals surface area contributed by atoms with Crippen LogP contribution in [0.2, 0.25) is 0 Å². The van der Waals surface area contributed by atoms with Crippen LogP contribution in [0.3, 0.4) is 0 Å². The quantitative estimate of drug-likeness (QED) is 0.229. The molecule has 6 nitrogen and oxygen atoms in total. The molecule has 0 radical (unpaired) electrons. The van der Waals surface area contributed by atoms with Crippen molar-refractivity contribution in [2.75, 3.05) is 13.2 Å². The minimum Gasteiger partial charge on any atom is -0.456 e. The van der Waals surface area contributed by atoms with Crippen LogP contribution >= 0.6 is 11.8 Å². The van der Waals surface area contributed by atoms with Crippen LogP contribution in [0.1, 0.15) is 52.2 Å². The number of nitriles is 1. The largest absolute Gasteiger partial charge is 0.456 e. The van der Waals surface area contributed by atoms with Crippen molar-refractivity contribution in [2.45, 2.75) is 62.0 Å². The highest BCUT2D eigenvalue weighted by atomic mass is 32.2. The lowest BCUT2D eigenvalue weighted by atomic mass is 9.92. The molecule has 0 spiro atoms. The Bertz CT molecular complexity index is 1210. The monoisotopic (exact) mass is 504 g/mol. The van der Waals surface area contributed by atoms with Gasteiger partial charge in [-0.05, 0) is 57.9 Å². The van der Waals surface area contributed by atoms with Crippen molar-refractivity contribution in [1.82, 2.24) is 5.32 Å². The molecule has 0 saturated carbocycles. The zero-order valence-corrected chi connectivity index (χ0v) is 22.3. The molecule has 2 aromatic rings. The molecule has 1 aliphatic heterocycles. The lowest BCUT2D eigenvalue weighted by molar-refractivity contribution is -0.154. The molecule has 7 heteroatoms. The van der Waals surface area contributed by atoms with Crippen molar-refractivity contribution in [2.24, 2.45) is 0 Å². The predicted molar refractivity (Wildman–Crippen MR) is 141 cm³/mol. The number of rotatable bonds is 9. The molecule has 1 aliphatic rings. The number of fused-ring (bicyclic) bond motifs is 2. The van der Waals surface area contributed by atoms with Crippen molar-refractivity contribution in [1.29, 1.82) is 5.26 Å². The van der Waals surface area contributed by atoms with Crippen LogP contribution in [0.4, 0.5) is 0 Å². The Kier molecular flexibility index (Phi) is 8.44. The van der Waals surface area contributed by atoms with Gasteiger partial charge in [-0.15, -0.1) is 0 Å². The fraction of sp³-hybridized carbons (Fsp3) is 0.345. The van der Waals surface area contributed by atoms with E-state index in [1.165, 1.54) is 0 Å². The standard InChI is InChI=1S/C29H32N2O4S/c1-19(2)27(33)35-28(3,4)15-16-34-29(5,6)18-31-26(32)22(17-30)25-20-11-7-9-13-23(20)36-24-14-10-8-12-21(24)25/h7-14H,1,15-16,18H2,2-6H3,(H,31,32). The van der Waals surface area contributed by atoms with E-state index in [4.69, 9.17) is 9.47 Å². The lowest BCUT2D eigenvalue weighted by Gasteiger charge is -2.30. The first kappa shape index (κ1) is 27.3. The summed E-state index contributed by atoms with van der Waals surface area (Å²) in [5.74, 6) is -0.885. The Morgan fingerprint density at radius 1 is 1.00 bits per heavy atom. The summed E-state index contributed by atoms with van der Waals surface area (Å²) in [5, 5.41) is 12.9. The third kappa shape index (κ3) is 6.66. The zero-order valence-electron chi connectivity index (χ0n) is 21.4. The van der Waals surface area contributed by atoms with E-state index in [2.05, 4.69) is 18.0 Å². The predicted octanol–water partition coefficient (Wildman–Crippen LogP) is 5.68. The second-order valence-electron chi connectivity index (χ2n) is 9.93. The summed E-state index contributed by atoms with van der Waals surface area (Å²) in [6.45, 7) is 13.1. The number of esters is 1. The number of amides is 1. The lowest BCUT2D eigenvalue weighted by Crippen LogP contribution is -2.42. The van der Waals surface area contributed by atoms with Crippen LogP contribution in [0, 0.1) is 11.3 Å². The molecule has 2 aromatic carbocycles. The van der Waals surface area contributed by atoms with Gasteiger partial charge in [0, 0.05) is 33.9 Å². The average molecular weight is 505 g/mol. The van der Waals surface area contributed by atoms with E-state index >= 15 is 0 Å². The van der Waals surface area contributed by atoms with E-state index in [1.807, 2.05) is 76.2 Å². The molecule has 1 N–H and O–H groups in total. The zero-order chi connectivity index (χ0) is 26.5. The summed E-state index contributed by atoms with van der Waals surface area (Å²) in [5.41, 5.74) is 1.38. The van der Waals surface area contributed by atoms with Crippen molar-refractivity contribution in [3.8, 4) is 6.07 Å². The third-order valence-corrected chi connectivity index (χ3v) is 6.86. The van der Waals surface area contributed by atoms with Gasteiger partial charge in [-0.3, -0.25) is 4.79 Å². The molecular weight excluding hydrogens is 472 g/mol. The molecule has 0 atom stereocenters. The normalized spacial score (nSPS) is 12.6. The molecule has 1 amide bonds. The highest BCUT2D eigenvalue weighted by molar-refractivity contribution is 7.99. The van der Waals surface area contributed by atoms with Crippen molar-refractivity contribution in [3.63, 3.8) is 0 Å². The number of ether oxygens (including phenoxy) is 2. The highest BCUT2D eigenvalue weighted by Gasteiger charge is 2.29. The van der Waals surface area contributed by atoms with Gasteiger partial charge in [0.2, 0.25) is 0 Å². The van der Waals surface area contributed by atoms with Crippen molar-refractivity contribution in [3.05, 3.63) is 77.4 Å². The minimum atomic E-state index is -0.715. The molecule has 0 unspecified atom stereocenters. The Morgan fingerprint density at radius 3 is 2.08 bits per heavy atom. The van der Waals surface area contributed by atoms with Crippen LogP contribution in [0.25, 0.3) is 5.57 Å². The minimum absolute atomic E-state index is 0.0684. The molecule has 188 valence electrons. The fourth-order valence-corrected chi connectivity index (χ4v) is 4.76. The van der Waals surface area contributed by atoms with E-state index < -0.39 is 23.1 Å². The number of benzene rings is 2. The average Bonchev–Trinajstić information content (AvgIpc) is 2.82. The smallest absolute Gasteiger partial charge is 0.333 e. The Labute approximate surface area is 217 Å². The molecule has 3 rings (SSSR count). The van der Waals surface area contributed by atoms with E-state index in [0.29, 0.717) is 24.2 Å². The van der Waals surface area contributed by atoms with Crippen LogP contribution in [-0.4, -0.2) is 36.2 Å². The second kappa shape index (κ2) is 11.2. The summed E-state index contributed by atoms with van der Waals surface area (Å²) in [7, 11) is 0. The molecular formula is C29H32N2O4S. The van der Waals surface area contributed by atoms with E-state index in [1.54, 1.807) is 18.7 Å². The summed E-state index contributed by atoms with van der Waals surface area (Å²) >= 11 is 1.63. The van der Waals surface area contributed by atoms with Crippen molar-refractivity contribution >= 4 is 29.2 Å². The molecule has 0 bridgehead atoms. The first-order valence-corrected chi connectivity index (χ1v) is 12.6. The summed E-state index contributed by atoms with van der Waals surface area (Å²) in [4.78, 5) is 27.1. The molecule has 0 fully saturated rings. The van der Waals surface area contributed by atoms with E-state index in [9.17, 15) is 14.9 Å². The van der Waals surface area contributed by atoms with Gasteiger partial charge in [-0.25, -0.2) is 4.79 Å². The summed E-state index contributed by atoms with van der Waals surface area (Å²) in [6, 6.07) is 17.7. The number of carbonyl (C=O) groups is 2. The van der Waals surface area contributed by atoms with Gasteiger partial charge in [-0.2, -0.15) is 5.26 Å². The Hall–Kier alpha value is -3.34. The maximum atomic E-state index is 13.2.